The number of rotatable bonds is 4. The number of hydrogen-bond acceptors (Lipinski definition) is 2. The lowest BCUT2D eigenvalue weighted by atomic mass is 10.1. The highest BCUT2D eigenvalue weighted by Gasteiger charge is 2.15. The Bertz CT molecular complexity index is 442. The lowest BCUT2D eigenvalue weighted by molar-refractivity contribution is -0.131. The van der Waals surface area contributed by atoms with Gasteiger partial charge in [0.15, 0.2) is 0 Å². The molecule has 1 aromatic carbocycles. The summed E-state index contributed by atoms with van der Waals surface area (Å²) in [6.07, 6.45) is 3.52. The molecule has 1 fully saturated rings. The summed E-state index contributed by atoms with van der Waals surface area (Å²) in [5.41, 5.74) is 2.19. The lowest BCUT2D eigenvalue weighted by Gasteiger charge is -2.26. The van der Waals surface area contributed by atoms with Gasteiger partial charge in [-0.3, -0.25) is 4.79 Å². The molecule has 1 amide bonds. The molecular formula is C15H21ClN2O. The van der Waals surface area contributed by atoms with E-state index in [-0.39, 0.29) is 5.91 Å². The summed E-state index contributed by atoms with van der Waals surface area (Å²) in [4.78, 5) is 13.9. The van der Waals surface area contributed by atoms with Crippen molar-refractivity contribution in [1.29, 1.82) is 0 Å². The van der Waals surface area contributed by atoms with Crippen molar-refractivity contribution in [2.75, 3.05) is 19.6 Å². The van der Waals surface area contributed by atoms with Crippen molar-refractivity contribution in [2.45, 2.75) is 32.7 Å². The van der Waals surface area contributed by atoms with Crippen LogP contribution in [0.3, 0.4) is 0 Å². The molecule has 19 heavy (non-hydrogen) atoms. The smallest absolute Gasteiger partial charge is 0.236 e. The van der Waals surface area contributed by atoms with Crippen LogP contribution in [0.15, 0.2) is 18.2 Å². The second kappa shape index (κ2) is 6.92. The summed E-state index contributed by atoms with van der Waals surface area (Å²) in [6.45, 7) is 4.86. The second-order valence-electron chi connectivity index (χ2n) is 5.14. The molecule has 1 heterocycles. The summed E-state index contributed by atoms with van der Waals surface area (Å²) < 4.78 is 0. The Morgan fingerprint density at radius 1 is 1.32 bits per heavy atom. The fourth-order valence-electron chi connectivity index (χ4n) is 2.35. The number of piperidine rings is 1. The number of benzene rings is 1. The first kappa shape index (κ1) is 14.4. The average Bonchev–Trinajstić information content (AvgIpc) is 2.42. The summed E-state index contributed by atoms with van der Waals surface area (Å²) >= 11 is 6.16. The van der Waals surface area contributed by atoms with E-state index < -0.39 is 0 Å². The predicted octanol–water partition coefficient (Wildman–Crippen LogP) is 2.75. The summed E-state index contributed by atoms with van der Waals surface area (Å²) in [6, 6.07) is 6.00. The highest BCUT2D eigenvalue weighted by molar-refractivity contribution is 6.31. The summed E-state index contributed by atoms with van der Waals surface area (Å²) in [5.74, 6) is 0.197. The first-order chi connectivity index (χ1) is 9.16. The van der Waals surface area contributed by atoms with Crippen molar-refractivity contribution >= 4 is 17.5 Å². The van der Waals surface area contributed by atoms with Crippen molar-refractivity contribution in [1.82, 2.24) is 10.2 Å². The SMILES string of the molecule is Cc1ccc(CNCC(=O)N2CCCCC2)c(Cl)c1. The topological polar surface area (TPSA) is 32.3 Å². The number of likely N-dealkylation sites (tertiary alicyclic amines) is 1. The van der Waals surface area contributed by atoms with Gasteiger partial charge < -0.3 is 10.2 Å². The fourth-order valence-corrected chi connectivity index (χ4v) is 2.66. The predicted molar refractivity (Wildman–Crippen MR) is 78.3 cm³/mol. The highest BCUT2D eigenvalue weighted by Crippen LogP contribution is 2.17. The van der Waals surface area contributed by atoms with Crippen molar-refractivity contribution in [3.8, 4) is 0 Å². The van der Waals surface area contributed by atoms with Gasteiger partial charge >= 0.3 is 0 Å². The minimum atomic E-state index is 0.197. The zero-order valence-corrected chi connectivity index (χ0v) is 12.2. The number of carbonyl (C=O) groups excluding carboxylic acids is 1. The van der Waals surface area contributed by atoms with Gasteiger partial charge in [0.25, 0.3) is 0 Å². The molecule has 1 saturated heterocycles. The van der Waals surface area contributed by atoms with Gasteiger partial charge in [0, 0.05) is 24.7 Å². The third-order valence-electron chi connectivity index (χ3n) is 3.51. The van der Waals surface area contributed by atoms with Crippen LogP contribution in [0.1, 0.15) is 30.4 Å². The van der Waals surface area contributed by atoms with Crippen LogP contribution in [0.5, 0.6) is 0 Å². The van der Waals surface area contributed by atoms with Crippen molar-refractivity contribution < 1.29 is 4.79 Å². The Hall–Kier alpha value is -1.06. The molecule has 1 aliphatic rings. The third kappa shape index (κ3) is 4.22. The van der Waals surface area contributed by atoms with E-state index in [9.17, 15) is 4.79 Å². The molecule has 1 N–H and O–H groups in total. The lowest BCUT2D eigenvalue weighted by Crippen LogP contribution is -2.40. The molecule has 1 aliphatic heterocycles. The van der Waals surface area contributed by atoms with Gasteiger partial charge in [-0.25, -0.2) is 0 Å². The van der Waals surface area contributed by atoms with Crippen LogP contribution in [0.2, 0.25) is 5.02 Å². The first-order valence-corrected chi connectivity index (χ1v) is 7.28. The molecule has 0 atom stereocenters. The highest BCUT2D eigenvalue weighted by atomic mass is 35.5. The van der Waals surface area contributed by atoms with E-state index in [0.29, 0.717) is 13.1 Å². The van der Waals surface area contributed by atoms with E-state index in [1.807, 2.05) is 30.0 Å². The van der Waals surface area contributed by atoms with Gasteiger partial charge in [0.1, 0.15) is 0 Å². The molecule has 0 saturated carbocycles. The summed E-state index contributed by atoms with van der Waals surface area (Å²) in [5, 5.41) is 3.95. The van der Waals surface area contributed by atoms with Crippen LogP contribution in [-0.4, -0.2) is 30.4 Å². The van der Waals surface area contributed by atoms with E-state index in [1.54, 1.807) is 0 Å². The molecule has 0 bridgehead atoms. The minimum Gasteiger partial charge on any atom is -0.342 e. The maximum atomic E-state index is 12.0. The molecule has 0 aliphatic carbocycles. The molecule has 2 rings (SSSR count). The molecule has 0 radical (unpaired) electrons. The Kier molecular flexibility index (Phi) is 5.23. The molecule has 104 valence electrons. The van der Waals surface area contributed by atoms with Crippen molar-refractivity contribution in [3.63, 3.8) is 0 Å². The monoisotopic (exact) mass is 280 g/mol. The van der Waals surface area contributed by atoms with E-state index >= 15 is 0 Å². The zero-order chi connectivity index (χ0) is 13.7. The molecule has 1 aromatic rings. The third-order valence-corrected chi connectivity index (χ3v) is 3.86. The fraction of sp³-hybridized carbons (Fsp3) is 0.533. The standard InChI is InChI=1S/C15H21ClN2O/c1-12-5-6-13(14(16)9-12)10-17-11-15(19)18-7-3-2-4-8-18/h5-6,9,17H,2-4,7-8,10-11H2,1H3. The first-order valence-electron chi connectivity index (χ1n) is 6.90. The number of carbonyl (C=O) groups is 1. The van der Waals surface area contributed by atoms with Gasteiger partial charge in [-0.15, -0.1) is 0 Å². The molecule has 4 heteroatoms. The zero-order valence-electron chi connectivity index (χ0n) is 11.4. The van der Waals surface area contributed by atoms with Crippen molar-refractivity contribution in [3.05, 3.63) is 34.3 Å². The Balaban J connectivity index is 1.78. The number of amides is 1. The Morgan fingerprint density at radius 3 is 2.74 bits per heavy atom. The van der Waals surface area contributed by atoms with E-state index in [1.165, 1.54) is 6.42 Å². The number of nitrogens with zero attached hydrogens (tertiary/aromatic N) is 1. The average molecular weight is 281 g/mol. The number of hydrogen-bond donors (Lipinski definition) is 1. The van der Waals surface area contributed by atoms with Gasteiger partial charge in [0.05, 0.1) is 6.54 Å². The number of nitrogens with one attached hydrogen (secondary N) is 1. The van der Waals surface area contributed by atoms with Crippen LogP contribution in [0.25, 0.3) is 0 Å². The van der Waals surface area contributed by atoms with Crippen molar-refractivity contribution in [2.24, 2.45) is 0 Å². The van der Waals surface area contributed by atoms with Crippen LogP contribution in [0.4, 0.5) is 0 Å². The quantitative estimate of drug-likeness (QED) is 0.920. The molecule has 0 spiro atoms. The van der Waals surface area contributed by atoms with Gasteiger partial charge in [0.2, 0.25) is 5.91 Å². The second-order valence-corrected chi connectivity index (χ2v) is 5.55. The Morgan fingerprint density at radius 2 is 2.05 bits per heavy atom. The van der Waals surface area contributed by atoms with E-state index in [4.69, 9.17) is 11.6 Å². The molecule has 0 aromatic heterocycles. The van der Waals surface area contributed by atoms with Crippen LogP contribution >= 0.6 is 11.6 Å². The maximum absolute atomic E-state index is 12.0. The van der Waals surface area contributed by atoms with Gasteiger partial charge in [-0.1, -0.05) is 23.7 Å². The maximum Gasteiger partial charge on any atom is 0.236 e. The van der Waals surface area contributed by atoms with E-state index in [2.05, 4.69) is 5.32 Å². The molecule has 0 unspecified atom stereocenters. The molecule has 3 nitrogen and oxygen atoms in total. The van der Waals surface area contributed by atoms with Gasteiger partial charge in [-0.2, -0.15) is 0 Å². The van der Waals surface area contributed by atoms with E-state index in [0.717, 1.165) is 42.1 Å². The Labute approximate surface area is 119 Å². The summed E-state index contributed by atoms with van der Waals surface area (Å²) in [7, 11) is 0. The van der Waals surface area contributed by atoms with Crippen LogP contribution < -0.4 is 5.32 Å². The number of halogens is 1. The van der Waals surface area contributed by atoms with Gasteiger partial charge in [-0.05, 0) is 43.4 Å². The largest absolute Gasteiger partial charge is 0.342 e. The van der Waals surface area contributed by atoms with Crippen LogP contribution in [-0.2, 0) is 11.3 Å². The van der Waals surface area contributed by atoms with Crippen LogP contribution in [0, 0.1) is 6.92 Å². The normalized spacial score (nSPS) is 15.6. The number of aryl methyl sites for hydroxylation is 1. The minimum absolute atomic E-state index is 0.197. The molecular weight excluding hydrogens is 260 g/mol.